The van der Waals surface area contributed by atoms with Gasteiger partial charge in [0.15, 0.2) is 0 Å². The van der Waals surface area contributed by atoms with E-state index in [-0.39, 0.29) is 6.10 Å². The van der Waals surface area contributed by atoms with E-state index in [9.17, 15) is 0 Å². The average molecular weight is 202 g/mol. The molecular weight excluding hydrogens is 184 g/mol. The minimum Gasteiger partial charge on any atom is -0.391 e. The summed E-state index contributed by atoms with van der Waals surface area (Å²) in [4.78, 5) is 5.19. The molecule has 1 atom stereocenters. The zero-order valence-electron chi connectivity index (χ0n) is 8.38. The van der Waals surface area contributed by atoms with E-state index in [4.69, 9.17) is 4.84 Å². The first-order valence-electron chi connectivity index (χ1n) is 4.80. The maximum Gasteiger partial charge on any atom is 0.145 e. The van der Waals surface area contributed by atoms with Crippen LogP contribution in [0.5, 0.6) is 0 Å². The molecule has 1 aliphatic heterocycles. The fourth-order valence-corrected chi connectivity index (χ4v) is 1.81. The largest absolute Gasteiger partial charge is 0.391 e. The average Bonchev–Trinajstić information content (AvgIpc) is 2.51. The second-order valence-corrected chi connectivity index (χ2v) is 4.55. The van der Waals surface area contributed by atoms with Gasteiger partial charge in [-0.25, -0.2) is 0 Å². The van der Waals surface area contributed by atoms with Gasteiger partial charge in [0.25, 0.3) is 0 Å². The van der Waals surface area contributed by atoms with Crippen molar-refractivity contribution in [1.82, 2.24) is 5.32 Å². The predicted molar refractivity (Wildman–Crippen MR) is 58.5 cm³/mol. The third-order valence-electron chi connectivity index (χ3n) is 1.88. The molecule has 0 aliphatic carbocycles. The van der Waals surface area contributed by atoms with Gasteiger partial charge in [-0.2, -0.15) is 11.8 Å². The number of thioether (sulfide) groups is 1. The number of hydrogen-bond acceptors (Lipinski definition) is 4. The van der Waals surface area contributed by atoms with Gasteiger partial charge in [-0.05, 0) is 12.7 Å². The van der Waals surface area contributed by atoms with E-state index in [1.165, 1.54) is 11.5 Å². The molecule has 13 heavy (non-hydrogen) atoms. The van der Waals surface area contributed by atoms with E-state index >= 15 is 0 Å². The van der Waals surface area contributed by atoms with Gasteiger partial charge in [0.05, 0.1) is 5.71 Å². The van der Waals surface area contributed by atoms with Crippen molar-refractivity contribution >= 4 is 17.5 Å². The summed E-state index contributed by atoms with van der Waals surface area (Å²) in [6, 6.07) is 0. The Bertz CT molecular complexity index is 173. The van der Waals surface area contributed by atoms with Crippen molar-refractivity contribution < 1.29 is 4.84 Å². The summed E-state index contributed by atoms with van der Waals surface area (Å²) in [5.41, 5.74) is 1.11. The van der Waals surface area contributed by atoms with Crippen LogP contribution < -0.4 is 5.32 Å². The van der Waals surface area contributed by atoms with Crippen LogP contribution in [0.3, 0.4) is 0 Å². The first kappa shape index (κ1) is 10.9. The van der Waals surface area contributed by atoms with Crippen LogP contribution in [0.15, 0.2) is 5.16 Å². The molecule has 1 rings (SSSR count). The van der Waals surface area contributed by atoms with Crippen molar-refractivity contribution in [2.45, 2.75) is 26.4 Å². The molecule has 0 aromatic rings. The van der Waals surface area contributed by atoms with Gasteiger partial charge >= 0.3 is 0 Å². The minimum absolute atomic E-state index is 0.270. The lowest BCUT2D eigenvalue weighted by Crippen LogP contribution is -2.28. The molecular formula is C9H18N2OS. The van der Waals surface area contributed by atoms with E-state index in [2.05, 4.69) is 17.4 Å². The van der Waals surface area contributed by atoms with Gasteiger partial charge in [-0.15, -0.1) is 0 Å². The fourth-order valence-electron chi connectivity index (χ4n) is 1.23. The molecule has 0 amide bonds. The SMILES string of the molecule is CCSCCNCC1CC(C)=NO1. The molecule has 0 aromatic heterocycles. The molecule has 0 spiro atoms. The summed E-state index contributed by atoms with van der Waals surface area (Å²) >= 11 is 1.96. The summed E-state index contributed by atoms with van der Waals surface area (Å²) in [7, 11) is 0. The molecule has 0 saturated carbocycles. The second-order valence-electron chi connectivity index (χ2n) is 3.16. The predicted octanol–water partition coefficient (Wildman–Crippen LogP) is 1.49. The Morgan fingerprint density at radius 2 is 2.54 bits per heavy atom. The number of nitrogens with zero attached hydrogens (tertiary/aromatic N) is 1. The molecule has 0 bridgehead atoms. The van der Waals surface area contributed by atoms with E-state index in [1.54, 1.807) is 0 Å². The quantitative estimate of drug-likeness (QED) is 0.663. The maximum atomic E-state index is 5.19. The van der Waals surface area contributed by atoms with Crippen molar-refractivity contribution in [2.24, 2.45) is 5.16 Å². The topological polar surface area (TPSA) is 33.6 Å². The summed E-state index contributed by atoms with van der Waals surface area (Å²) in [6.07, 6.45) is 1.25. The maximum absolute atomic E-state index is 5.19. The van der Waals surface area contributed by atoms with Gasteiger partial charge in [-0.1, -0.05) is 12.1 Å². The fraction of sp³-hybridized carbons (Fsp3) is 0.889. The standard InChI is InChI=1S/C9H18N2OS/c1-3-13-5-4-10-7-9-6-8(2)11-12-9/h9-10H,3-7H2,1-2H3. The lowest BCUT2D eigenvalue weighted by molar-refractivity contribution is 0.0856. The summed E-state index contributed by atoms with van der Waals surface area (Å²) in [5.74, 6) is 2.38. The molecule has 1 aliphatic rings. The van der Waals surface area contributed by atoms with Crippen LogP contribution in [0.25, 0.3) is 0 Å². The number of oxime groups is 1. The van der Waals surface area contributed by atoms with Gasteiger partial charge in [0, 0.05) is 25.3 Å². The van der Waals surface area contributed by atoms with Crippen LogP contribution in [-0.4, -0.2) is 36.4 Å². The van der Waals surface area contributed by atoms with Gasteiger partial charge in [0.2, 0.25) is 0 Å². The van der Waals surface area contributed by atoms with Crippen LogP contribution in [-0.2, 0) is 4.84 Å². The summed E-state index contributed by atoms with van der Waals surface area (Å²) in [6.45, 7) is 6.18. The number of rotatable bonds is 6. The molecule has 0 aromatic carbocycles. The van der Waals surface area contributed by atoms with E-state index in [0.717, 1.165) is 25.2 Å². The minimum atomic E-state index is 0.270. The molecule has 3 nitrogen and oxygen atoms in total. The zero-order chi connectivity index (χ0) is 9.52. The van der Waals surface area contributed by atoms with Gasteiger partial charge in [-0.3, -0.25) is 0 Å². The van der Waals surface area contributed by atoms with Crippen molar-refractivity contribution in [3.63, 3.8) is 0 Å². The van der Waals surface area contributed by atoms with E-state index in [1.807, 2.05) is 18.7 Å². The Labute approximate surface area is 84.3 Å². The first-order valence-corrected chi connectivity index (χ1v) is 5.96. The van der Waals surface area contributed by atoms with Crippen LogP contribution in [0.4, 0.5) is 0 Å². The van der Waals surface area contributed by atoms with Gasteiger partial charge in [0.1, 0.15) is 6.10 Å². The first-order chi connectivity index (χ1) is 6.33. The highest BCUT2D eigenvalue weighted by Crippen LogP contribution is 2.08. The van der Waals surface area contributed by atoms with E-state index < -0.39 is 0 Å². The number of nitrogens with one attached hydrogen (secondary N) is 1. The lowest BCUT2D eigenvalue weighted by Gasteiger charge is -2.08. The Kier molecular flexibility index (Phi) is 5.23. The molecule has 1 heterocycles. The molecule has 0 fully saturated rings. The van der Waals surface area contributed by atoms with E-state index in [0.29, 0.717) is 0 Å². The molecule has 4 heteroatoms. The summed E-state index contributed by atoms with van der Waals surface area (Å²) in [5, 5.41) is 7.27. The van der Waals surface area contributed by atoms with Crippen LogP contribution in [0.2, 0.25) is 0 Å². The number of hydrogen-bond donors (Lipinski definition) is 1. The van der Waals surface area contributed by atoms with Crippen LogP contribution >= 0.6 is 11.8 Å². The van der Waals surface area contributed by atoms with Gasteiger partial charge < -0.3 is 10.2 Å². The third kappa shape index (κ3) is 4.52. The van der Waals surface area contributed by atoms with Crippen molar-refractivity contribution in [3.8, 4) is 0 Å². The third-order valence-corrected chi connectivity index (χ3v) is 2.78. The van der Waals surface area contributed by atoms with Crippen molar-refractivity contribution in [3.05, 3.63) is 0 Å². The monoisotopic (exact) mass is 202 g/mol. The highest BCUT2D eigenvalue weighted by molar-refractivity contribution is 7.99. The Morgan fingerprint density at radius 1 is 1.69 bits per heavy atom. The molecule has 0 saturated heterocycles. The Balaban J connectivity index is 1.90. The molecule has 1 unspecified atom stereocenters. The molecule has 0 radical (unpaired) electrons. The van der Waals surface area contributed by atoms with Crippen LogP contribution in [0.1, 0.15) is 20.3 Å². The molecule has 76 valence electrons. The normalized spacial score (nSPS) is 21.4. The highest BCUT2D eigenvalue weighted by Gasteiger charge is 2.16. The Hall–Kier alpha value is -0.220. The molecule has 1 N–H and O–H groups in total. The van der Waals surface area contributed by atoms with Crippen molar-refractivity contribution in [2.75, 3.05) is 24.6 Å². The lowest BCUT2D eigenvalue weighted by atomic mass is 10.2. The van der Waals surface area contributed by atoms with Crippen LogP contribution in [0, 0.1) is 0 Å². The summed E-state index contributed by atoms with van der Waals surface area (Å²) < 4.78 is 0. The van der Waals surface area contributed by atoms with Crippen molar-refractivity contribution in [1.29, 1.82) is 0 Å². The smallest absolute Gasteiger partial charge is 0.145 e. The highest BCUT2D eigenvalue weighted by atomic mass is 32.2. The zero-order valence-corrected chi connectivity index (χ0v) is 9.19. The second kappa shape index (κ2) is 6.27. The Morgan fingerprint density at radius 3 is 3.15 bits per heavy atom.